The lowest BCUT2D eigenvalue weighted by molar-refractivity contribution is -0.138. The first-order valence-corrected chi connectivity index (χ1v) is 32.5. The number of nitrogens with two attached hydrogens (primary N) is 1. The molecule has 6 atom stereocenters. The number of nitrogens with one attached hydrogen (secondary N) is 1. The fraction of sp³-hybridized carbons (Fsp3) is 0.464. The summed E-state index contributed by atoms with van der Waals surface area (Å²) in [6, 6.07) is 21.3. The summed E-state index contributed by atoms with van der Waals surface area (Å²) in [6.07, 6.45) is 8.30. The summed E-state index contributed by atoms with van der Waals surface area (Å²) in [6.45, 7) is 11.9. The van der Waals surface area contributed by atoms with E-state index < -0.39 is 36.2 Å². The Labute approximate surface area is 530 Å². The van der Waals surface area contributed by atoms with Gasteiger partial charge in [-0.05, 0) is 125 Å². The number of aliphatic imine (C=N–C) groups is 1. The van der Waals surface area contributed by atoms with Crippen molar-refractivity contribution in [3.05, 3.63) is 137 Å². The van der Waals surface area contributed by atoms with Gasteiger partial charge in [-0.25, -0.2) is 9.69 Å². The second kappa shape index (κ2) is 31.1. The highest BCUT2D eigenvalue weighted by molar-refractivity contribution is 8.00. The lowest BCUT2D eigenvalue weighted by atomic mass is 9.91. The molecule has 5 heterocycles. The van der Waals surface area contributed by atoms with Crippen molar-refractivity contribution in [2.75, 3.05) is 57.7 Å². The molecule has 0 spiro atoms. The van der Waals surface area contributed by atoms with Gasteiger partial charge in [0.1, 0.15) is 18.1 Å². The van der Waals surface area contributed by atoms with Crippen LogP contribution in [0.2, 0.25) is 0 Å². The van der Waals surface area contributed by atoms with Crippen LogP contribution in [0, 0.1) is 12.8 Å². The van der Waals surface area contributed by atoms with Crippen LogP contribution in [-0.4, -0.2) is 156 Å². The van der Waals surface area contributed by atoms with E-state index in [1.165, 1.54) is 28.7 Å². The molecule has 0 saturated carbocycles. The second-order valence-electron chi connectivity index (χ2n) is 24.0. The van der Waals surface area contributed by atoms with E-state index in [4.69, 9.17) is 24.7 Å². The molecule has 1 unspecified atom stereocenters. The molecule has 4 N–H and O–H groups in total. The first kappa shape index (κ1) is 66.3. The standard InChI is InChI=1S/C69H83N7O13S/c1-43-29-50-39-71-55-36-61(60(86-4)35-52(55)65(81)74(50)40-43)88-28-16-8-15-27-87-59-37-56-53(31-45(59)3)66(82)75-41-44(2)30-57(75)67(83)76(56)69(85)89-42-48-23-21-47(22-24-48)33-58(78)54(20-12-13-25-70)72-64(80)49(32-46-17-9-6-10-18-46)34-51(77)19-11-7-14-26-73-63(79)38-62(90-5)68(73)84/h6,9-10,17-18,21-24,31,35-37,39,49-50,54,57,62,67,83H,1-2,7-8,11-16,19-20,25-30,32-34,38,40-42,70H2,3-5H3,(H,72,80)/t49-,50+,54+,57+,62?,67+/m1/s1. The number of hydrogen-bond acceptors (Lipinski definition) is 16. The largest absolute Gasteiger partial charge is 0.493 e. The number of aliphatic hydroxyl groups excluding tert-OH is 1. The van der Waals surface area contributed by atoms with E-state index in [1.54, 1.807) is 59.6 Å². The summed E-state index contributed by atoms with van der Waals surface area (Å²) >= 11 is 1.37. The number of nitrogens with zero attached hydrogens (tertiary/aromatic N) is 5. The molecule has 21 heteroatoms. The Morgan fingerprint density at radius 1 is 0.778 bits per heavy atom. The third-order valence-electron chi connectivity index (χ3n) is 17.3. The highest BCUT2D eigenvalue weighted by atomic mass is 32.2. The number of hydrogen-bond donors (Lipinski definition) is 3. The number of anilines is 1. The van der Waals surface area contributed by atoms with Crippen molar-refractivity contribution >= 4 is 76.5 Å². The molecule has 478 valence electrons. The molecule has 5 aliphatic rings. The topological polar surface area (TPSA) is 257 Å². The molecule has 0 radical (unpaired) electrons. The van der Waals surface area contributed by atoms with Gasteiger partial charge in [0.25, 0.3) is 11.8 Å². The number of methoxy groups -OCH3 is 1. The average molecular weight is 1250 g/mol. The molecule has 3 saturated heterocycles. The van der Waals surface area contributed by atoms with Crippen LogP contribution in [0.3, 0.4) is 0 Å². The van der Waals surface area contributed by atoms with Gasteiger partial charge in [0.2, 0.25) is 17.7 Å². The zero-order valence-corrected chi connectivity index (χ0v) is 52.6. The zero-order valence-electron chi connectivity index (χ0n) is 51.8. The van der Waals surface area contributed by atoms with Gasteiger partial charge >= 0.3 is 6.09 Å². The van der Waals surface area contributed by atoms with Crippen LogP contribution in [0.4, 0.5) is 16.2 Å². The van der Waals surface area contributed by atoms with E-state index in [-0.39, 0.29) is 103 Å². The Hall–Kier alpha value is -8.14. The van der Waals surface area contributed by atoms with Gasteiger partial charge in [0.05, 0.1) is 66.2 Å². The van der Waals surface area contributed by atoms with E-state index >= 15 is 0 Å². The summed E-state index contributed by atoms with van der Waals surface area (Å²) in [5, 5.41) is 14.7. The van der Waals surface area contributed by atoms with Gasteiger partial charge in [-0.15, -0.1) is 0 Å². The van der Waals surface area contributed by atoms with Crippen molar-refractivity contribution in [1.29, 1.82) is 0 Å². The number of thioether (sulfide) groups is 1. The van der Waals surface area contributed by atoms with Crippen molar-refractivity contribution in [1.82, 2.24) is 20.0 Å². The fourth-order valence-corrected chi connectivity index (χ4v) is 12.9. The minimum absolute atomic E-state index is 0.0156. The lowest BCUT2D eigenvalue weighted by Crippen LogP contribution is -2.50. The molecule has 4 aromatic rings. The number of carbonyl (C=O) groups excluding carboxylic acids is 8. The number of aryl methyl sites for hydroxylation is 1. The van der Waals surface area contributed by atoms with Crippen molar-refractivity contribution in [3.8, 4) is 17.2 Å². The molecular formula is C69H83N7O13S. The van der Waals surface area contributed by atoms with Crippen LogP contribution >= 0.6 is 11.8 Å². The molecular weight excluding hydrogens is 1170 g/mol. The molecule has 0 aliphatic carbocycles. The zero-order chi connectivity index (χ0) is 64.0. The molecule has 90 heavy (non-hydrogen) atoms. The number of imide groups is 1. The molecule has 5 aliphatic heterocycles. The number of ether oxygens (including phenoxy) is 4. The number of unbranched alkanes of at least 4 members (excludes halogenated alkanes) is 5. The van der Waals surface area contributed by atoms with Gasteiger partial charge in [0, 0.05) is 69.6 Å². The van der Waals surface area contributed by atoms with Crippen molar-refractivity contribution in [3.63, 3.8) is 0 Å². The Bertz CT molecular complexity index is 3370. The normalized spacial score (nSPS) is 19.2. The molecule has 4 aromatic carbocycles. The Balaban J connectivity index is 0.789. The van der Waals surface area contributed by atoms with Crippen molar-refractivity contribution in [2.24, 2.45) is 16.6 Å². The maximum atomic E-state index is 14.3. The van der Waals surface area contributed by atoms with Crippen molar-refractivity contribution in [2.45, 2.75) is 146 Å². The molecule has 9 rings (SSSR count). The SMILES string of the molecule is C=C1C[C@H]2C=Nc3cc(OCCCCCOc4cc5c(cc4C)C(=O)N4CC(=C)C[C@H]4[C@H](O)N5C(=O)OCc4ccc(CC(=O)[C@H](CCCCN)NC(=O)[C@@H](CC(=O)CCCCCN5C(=O)CC(SC)C5=O)Cc5ccccc5)cc4)c(OC)cc3C(=O)N2C1. The molecule has 20 nitrogen and oxygen atoms in total. The number of carbonyl (C=O) groups is 8. The molecule has 0 bridgehead atoms. The number of fused-ring (bicyclic) bond motifs is 4. The van der Waals surface area contributed by atoms with E-state index in [2.05, 4.69) is 23.5 Å². The second-order valence-corrected chi connectivity index (χ2v) is 25.0. The van der Waals surface area contributed by atoms with Gasteiger partial charge in [-0.2, -0.15) is 11.8 Å². The number of rotatable bonds is 31. The monoisotopic (exact) mass is 1250 g/mol. The number of Topliss-reactive ketones (excluding diaryl/α,β-unsaturated/α-hetero) is 2. The third kappa shape index (κ3) is 16.2. The van der Waals surface area contributed by atoms with E-state index in [0.29, 0.717) is 142 Å². The smallest absolute Gasteiger partial charge is 0.416 e. The number of benzene rings is 4. The summed E-state index contributed by atoms with van der Waals surface area (Å²) in [4.78, 5) is 119. The summed E-state index contributed by atoms with van der Waals surface area (Å²) in [7, 11) is 1.53. The molecule has 6 amide bonds. The number of likely N-dealkylation sites (tertiary alicyclic amines) is 1. The number of aliphatic hydroxyl groups is 1. The quantitative estimate of drug-likeness (QED) is 0.0241. The van der Waals surface area contributed by atoms with Crippen LogP contribution in [0.5, 0.6) is 17.2 Å². The lowest BCUT2D eigenvalue weighted by Gasteiger charge is -2.31. The van der Waals surface area contributed by atoms with Gasteiger partial charge in [-0.3, -0.25) is 43.5 Å². The van der Waals surface area contributed by atoms with E-state index in [1.807, 2.05) is 43.5 Å². The Kier molecular flexibility index (Phi) is 22.9. The van der Waals surface area contributed by atoms with Crippen molar-refractivity contribution < 1.29 is 62.4 Å². The maximum Gasteiger partial charge on any atom is 0.416 e. The highest BCUT2D eigenvalue weighted by Crippen LogP contribution is 2.41. The molecule has 3 fully saturated rings. The van der Waals surface area contributed by atoms with Crippen LogP contribution < -0.4 is 30.2 Å². The highest BCUT2D eigenvalue weighted by Gasteiger charge is 2.46. The first-order valence-electron chi connectivity index (χ1n) is 31.2. The maximum absolute atomic E-state index is 14.3. The third-order valence-corrected chi connectivity index (χ3v) is 18.2. The predicted octanol–water partition coefficient (Wildman–Crippen LogP) is 8.96. The Morgan fingerprint density at radius 3 is 2.20 bits per heavy atom. The summed E-state index contributed by atoms with van der Waals surface area (Å²) in [5.74, 6) is -0.902. The van der Waals surface area contributed by atoms with E-state index in [9.17, 15) is 43.5 Å². The fourth-order valence-electron chi connectivity index (χ4n) is 12.3. The van der Waals surface area contributed by atoms with Crippen LogP contribution in [0.15, 0.2) is 108 Å². The van der Waals surface area contributed by atoms with E-state index in [0.717, 1.165) is 28.0 Å². The predicted molar refractivity (Wildman–Crippen MR) is 343 cm³/mol. The summed E-state index contributed by atoms with van der Waals surface area (Å²) in [5.41, 5.74) is 11.7. The van der Waals surface area contributed by atoms with Gasteiger partial charge in [-0.1, -0.05) is 85.3 Å². The first-order chi connectivity index (χ1) is 43.4. The average Bonchev–Trinajstić information content (AvgIpc) is 1.59. The molecule has 0 aromatic heterocycles. The number of ketones is 2. The summed E-state index contributed by atoms with van der Waals surface area (Å²) < 4.78 is 24.0. The van der Waals surface area contributed by atoms with Crippen LogP contribution in [-0.2, 0) is 48.2 Å². The number of amides is 6. The van der Waals surface area contributed by atoms with Crippen LogP contribution in [0.25, 0.3) is 0 Å². The van der Waals surface area contributed by atoms with Gasteiger partial charge in [0.15, 0.2) is 23.5 Å². The minimum atomic E-state index is -1.49. The van der Waals surface area contributed by atoms with Crippen LogP contribution in [0.1, 0.15) is 133 Å². The minimum Gasteiger partial charge on any atom is -0.493 e. The Morgan fingerprint density at radius 2 is 1.48 bits per heavy atom. The van der Waals surface area contributed by atoms with Gasteiger partial charge < -0.3 is 44.9 Å².